The summed E-state index contributed by atoms with van der Waals surface area (Å²) in [6, 6.07) is 3.53. The molecule has 0 aliphatic heterocycles. The van der Waals surface area contributed by atoms with Crippen LogP contribution in [0.3, 0.4) is 0 Å². The van der Waals surface area contributed by atoms with Gasteiger partial charge in [-0.1, -0.05) is 6.92 Å². The zero-order chi connectivity index (χ0) is 15.2. The topological polar surface area (TPSA) is 111 Å². The van der Waals surface area contributed by atoms with Gasteiger partial charge in [-0.3, -0.25) is 10.1 Å². The van der Waals surface area contributed by atoms with Crippen molar-refractivity contribution >= 4 is 15.7 Å². The highest BCUT2D eigenvalue weighted by Crippen LogP contribution is 2.29. The first-order chi connectivity index (χ1) is 9.42. The summed E-state index contributed by atoms with van der Waals surface area (Å²) in [6.07, 6.45) is 0. The normalized spacial score (nSPS) is 11.3. The Morgan fingerprint density at radius 2 is 2.10 bits per heavy atom. The number of ether oxygens (including phenoxy) is 1. The van der Waals surface area contributed by atoms with E-state index in [1.165, 1.54) is 19.2 Å². The molecule has 0 heterocycles. The highest BCUT2D eigenvalue weighted by atomic mass is 32.2. The molecular weight excluding hydrogens is 286 g/mol. The molecule has 0 fully saturated rings. The summed E-state index contributed by atoms with van der Waals surface area (Å²) in [5.41, 5.74) is -0.377. The smallest absolute Gasteiger partial charge is 0.312 e. The predicted molar refractivity (Wildman–Crippen MR) is 73.4 cm³/mol. The molecule has 112 valence electrons. The number of nitrogens with zero attached hydrogens (tertiary/aromatic N) is 1. The van der Waals surface area contributed by atoms with Crippen molar-refractivity contribution in [3.63, 3.8) is 0 Å². The molecule has 0 spiro atoms. The van der Waals surface area contributed by atoms with Crippen molar-refractivity contribution in [2.75, 3.05) is 26.7 Å². The third kappa shape index (κ3) is 4.15. The Morgan fingerprint density at radius 1 is 1.40 bits per heavy atom. The van der Waals surface area contributed by atoms with E-state index in [-0.39, 0.29) is 22.9 Å². The zero-order valence-electron chi connectivity index (χ0n) is 11.3. The van der Waals surface area contributed by atoms with Gasteiger partial charge in [0.25, 0.3) is 0 Å². The van der Waals surface area contributed by atoms with Gasteiger partial charge in [0.05, 0.1) is 9.82 Å². The predicted octanol–water partition coefficient (Wildman–Crippen LogP) is 0.491. The molecule has 0 amide bonds. The molecule has 0 aliphatic carbocycles. The maximum Gasteiger partial charge on any atom is 0.312 e. The molecule has 0 unspecified atom stereocenters. The van der Waals surface area contributed by atoms with Gasteiger partial charge < -0.3 is 10.1 Å². The third-order valence-corrected chi connectivity index (χ3v) is 3.90. The van der Waals surface area contributed by atoms with E-state index in [9.17, 15) is 18.5 Å². The summed E-state index contributed by atoms with van der Waals surface area (Å²) in [5, 5.41) is 14.0. The molecule has 2 N–H and O–H groups in total. The van der Waals surface area contributed by atoms with E-state index in [1.807, 2.05) is 6.92 Å². The molecule has 1 aromatic rings. The van der Waals surface area contributed by atoms with Crippen molar-refractivity contribution < 1.29 is 18.1 Å². The molecule has 1 aromatic carbocycles. The fourth-order valence-corrected chi connectivity index (χ4v) is 2.21. The minimum Gasteiger partial charge on any atom is -0.485 e. The number of benzene rings is 1. The van der Waals surface area contributed by atoms with Crippen molar-refractivity contribution in [2.24, 2.45) is 0 Å². The van der Waals surface area contributed by atoms with Crippen LogP contribution in [0, 0.1) is 10.1 Å². The van der Waals surface area contributed by atoms with Gasteiger partial charge in [-0.25, -0.2) is 13.1 Å². The molecule has 20 heavy (non-hydrogen) atoms. The van der Waals surface area contributed by atoms with E-state index < -0.39 is 14.9 Å². The Balaban J connectivity index is 3.00. The molecular formula is C11H17N3O5S. The largest absolute Gasteiger partial charge is 0.485 e. The lowest BCUT2D eigenvalue weighted by atomic mass is 10.3. The van der Waals surface area contributed by atoms with Crippen molar-refractivity contribution in [2.45, 2.75) is 11.8 Å². The second-order valence-corrected chi connectivity index (χ2v) is 5.68. The quantitative estimate of drug-likeness (QED) is 0.411. The first kappa shape index (κ1) is 16.3. The molecule has 1 rings (SSSR count). The van der Waals surface area contributed by atoms with E-state index in [1.54, 1.807) is 0 Å². The minimum absolute atomic E-state index is 0.0444. The molecule has 9 heteroatoms. The van der Waals surface area contributed by atoms with Gasteiger partial charge in [-0.2, -0.15) is 0 Å². The van der Waals surface area contributed by atoms with E-state index in [0.717, 1.165) is 12.6 Å². The maximum atomic E-state index is 11.6. The molecule has 8 nitrogen and oxygen atoms in total. The van der Waals surface area contributed by atoms with Crippen molar-refractivity contribution in [3.05, 3.63) is 28.3 Å². The van der Waals surface area contributed by atoms with Crippen LogP contribution in [-0.4, -0.2) is 40.1 Å². The number of nitro groups is 1. The minimum atomic E-state index is -3.72. The highest BCUT2D eigenvalue weighted by molar-refractivity contribution is 7.89. The fraction of sp³-hybridized carbons (Fsp3) is 0.455. The van der Waals surface area contributed by atoms with E-state index >= 15 is 0 Å². The third-order valence-electron chi connectivity index (χ3n) is 2.49. The Bertz CT molecular complexity index is 573. The van der Waals surface area contributed by atoms with E-state index in [2.05, 4.69) is 10.0 Å². The number of likely N-dealkylation sites (N-methyl/N-ethyl adjacent to an activating group) is 1. The van der Waals surface area contributed by atoms with E-state index in [0.29, 0.717) is 6.54 Å². The average molecular weight is 303 g/mol. The Hall–Kier alpha value is -1.71. The van der Waals surface area contributed by atoms with Crippen LogP contribution in [0.15, 0.2) is 23.1 Å². The Morgan fingerprint density at radius 3 is 2.65 bits per heavy atom. The van der Waals surface area contributed by atoms with Crippen LogP contribution in [0.2, 0.25) is 0 Å². The fourth-order valence-electron chi connectivity index (χ4n) is 1.46. The summed E-state index contributed by atoms with van der Waals surface area (Å²) in [5.74, 6) is 0.0444. The Kier molecular flexibility index (Phi) is 5.86. The van der Waals surface area contributed by atoms with Crippen LogP contribution >= 0.6 is 0 Å². The first-order valence-electron chi connectivity index (χ1n) is 5.98. The standard InChI is InChI=1S/C11H17N3O5S/c1-3-13-6-7-19-11-5-4-9(20(17,18)12-2)8-10(11)14(15)16/h4-5,8,12-13H,3,6-7H2,1-2H3. The van der Waals surface area contributed by atoms with Crippen LogP contribution in [0.25, 0.3) is 0 Å². The lowest BCUT2D eigenvalue weighted by Gasteiger charge is -2.08. The first-order valence-corrected chi connectivity index (χ1v) is 7.46. The van der Waals surface area contributed by atoms with Gasteiger partial charge in [-0.05, 0) is 25.7 Å². The molecule has 0 aliphatic rings. The van der Waals surface area contributed by atoms with Crippen molar-refractivity contribution in [3.8, 4) is 5.75 Å². The van der Waals surface area contributed by atoms with Gasteiger partial charge in [0.2, 0.25) is 10.0 Å². The number of rotatable bonds is 8. The van der Waals surface area contributed by atoms with Crippen LogP contribution in [-0.2, 0) is 10.0 Å². The molecule has 0 aromatic heterocycles. The average Bonchev–Trinajstić information content (AvgIpc) is 2.43. The summed E-state index contributed by atoms with van der Waals surface area (Å²) >= 11 is 0. The molecule has 0 bridgehead atoms. The lowest BCUT2D eigenvalue weighted by molar-refractivity contribution is -0.386. The Labute approximate surface area is 117 Å². The summed E-state index contributed by atoms with van der Waals surface area (Å²) in [4.78, 5) is 10.1. The van der Waals surface area contributed by atoms with Gasteiger partial charge in [0.1, 0.15) is 6.61 Å². The number of hydrogen-bond donors (Lipinski definition) is 2. The van der Waals surface area contributed by atoms with Crippen molar-refractivity contribution in [1.82, 2.24) is 10.0 Å². The maximum absolute atomic E-state index is 11.6. The monoisotopic (exact) mass is 303 g/mol. The van der Waals surface area contributed by atoms with Gasteiger partial charge in [-0.15, -0.1) is 0 Å². The van der Waals surface area contributed by atoms with Gasteiger partial charge >= 0.3 is 5.69 Å². The van der Waals surface area contributed by atoms with Crippen LogP contribution in [0.4, 0.5) is 5.69 Å². The molecule has 0 atom stereocenters. The van der Waals surface area contributed by atoms with E-state index in [4.69, 9.17) is 4.74 Å². The highest BCUT2D eigenvalue weighted by Gasteiger charge is 2.21. The molecule has 0 saturated carbocycles. The summed E-state index contributed by atoms with van der Waals surface area (Å²) < 4.78 is 30.6. The SMILES string of the molecule is CCNCCOc1ccc(S(=O)(=O)NC)cc1[N+](=O)[O-]. The number of nitro benzene ring substituents is 1. The van der Waals surface area contributed by atoms with Gasteiger partial charge in [0.15, 0.2) is 5.75 Å². The summed E-state index contributed by atoms with van der Waals surface area (Å²) in [7, 11) is -2.48. The second kappa shape index (κ2) is 7.17. The molecule has 0 radical (unpaired) electrons. The summed E-state index contributed by atoms with van der Waals surface area (Å²) in [6.45, 7) is 3.50. The number of sulfonamides is 1. The van der Waals surface area contributed by atoms with Crippen LogP contribution in [0.1, 0.15) is 6.92 Å². The molecule has 0 saturated heterocycles. The number of nitrogens with one attached hydrogen (secondary N) is 2. The van der Waals surface area contributed by atoms with Crippen molar-refractivity contribution in [1.29, 1.82) is 0 Å². The zero-order valence-corrected chi connectivity index (χ0v) is 12.1. The van der Waals surface area contributed by atoms with Crippen LogP contribution in [0.5, 0.6) is 5.75 Å². The second-order valence-electron chi connectivity index (χ2n) is 3.80. The number of hydrogen-bond acceptors (Lipinski definition) is 6. The van der Waals surface area contributed by atoms with Crippen LogP contribution < -0.4 is 14.8 Å². The lowest BCUT2D eigenvalue weighted by Crippen LogP contribution is -2.21. The van der Waals surface area contributed by atoms with Gasteiger partial charge in [0, 0.05) is 12.6 Å².